The number of rotatable bonds is 1. The van der Waals surface area contributed by atoms with Gasteiger partial charge in [0, 0.05) is 7.11 Å². The molecule has 1 rings (SSSR count). The maximum atomic E-state index is 5.46. The third-order valence-corrected chi connectivity index (χ3v) is 3.28. The van der Waals surface area contributed by atoms with Gasteiger partial charge in [0.2, 0.25) is 0 Å². The Hall–Kier alpha value is -0.0400. The van der Waals surface area contributed by atoms with Gasteiger partial charge in [-0.05, 0) is 18.8 Å². The topological polar surface area (TPSA) is 9.23 Å². The summed E-state index contributed by atoms with van der Waals surface area (Å²) in [6.07, 6.45) is 11.5. The zero-order valence-corrected chi connectivity index (χ0v) is 9.22. The first kappa shape index (κ1) is 11.0. The van der Waals surface area contributed by atoms with Crippen LogP contribution < -0.4 is 0 Å². The van der Waals surface area contributed by atoms with Crippen molar-refractivity contribution in [1.29, 1.82) is 0 Å². The Morgan fingerprint density at radius 1 is 0.846 bits per heavy atom. The van der Waals surface area contributed by atoms with E-state index in [-0.39, 0.29) is 0 Å². The summed E-state index contributed by atoms with van der Waals surface area (Å²) in [5.74, 6) is 0.940. The fourth-order valence-corrected chi connectivity index (χ4v) is 2.26. The molecule has 0 aromatic heterocycles. The SMILES string of the molecule is COC1CCCCCC(C)CCC1. The van der Waals surface area contributed by atoms with E-state index in [0.29, 0.717) is 6.10 Å². The highest BCUT2D eigenvalue weighted by atomic mass is 16.5. The van der Waals surface area contributed by atoms with Gasteiger partial charge in [-0.3, -0.25) is 0 Å². The van der Waals surface area contributed by atoms with E-state index < -0.39 is 0 Å². The van der Waals surface area contributed by atoms with Crippen LogP contribution in [-0.4, -0.2) is 13.2 Å². The molecule has 78 valence electrons. The number of hydrogen-bond acceptors (Lipinski definition) is 1. The monoisotopic (exact) mass is 184 g/mol. The van der Waals surface area contributed by atoms with E-state index in [2.05, 4.69) is 6.92 Å². The molecule has 2 unspecified atom stereocenters. The molecule has 0 aromatic rings. The van der Waals surface area contributed by atoms with Crippen molar-refractivity contribution in [2.75, 3.05) is 7.11 Å². The van der Waals surface area contributed by atoms with E-state index in [1.165, 1.54) is 51.4 Å². The van der Waals surface area contributed by atoms with Crippen molar-refractivity contribution >= 4 is 0 Å². The van der Waals surface area contributed by atoms with Crippen molar-refractivity contribution in [1.82, 2.24) is 0 Å². The maximum absolute atomic E-state index is 5.46. The first-order valence-electron chi connectivity index (χ1n) is 5.85. The van der Waals surface area contributed by atoms with Crippen LogP contribution in [0.3, 0.4) is 0 Å². The smallest absolute Gasteiger partial charge is 0.0571 e. The highest BCUT2D eigenvalue weighted by molar-refractivity contribution is 4.63. The summed E-state index contributed by atoms with van der Waals surface area (Å²) >= 11 is 0. The van der Waals surface area contributed by atoms with Crippen molar-refractivity contribution in [3.05, 3.63) is 0 Å². The lowest BCUT2D eigenvalue weighted by Crippen LogP contribution is -2.12. The lowest BCUT2D eigenvalue weighted by atomic mass is 9.93. The Bertz CT molecular complexity index is 122. The van der Waals surface area contributed by atoms with E-state index in [0.717, 1.165) is 5.92 Å². The van der Waals surface area contributed by atoms with Gasteiger partial charge < -0.3 is 4.74 Å². The molecule has 0 saturated heterocycles. The molecule has 2 atom stereocenters. The molecule has 0 amide bonds. The van der Waals surface area contributed by atoms with Crippen LogP contribution in [-0.2, 0) is 4.74 Å². The van der Waals surface area contributed by atoms with Gasteiger partial charge in [0.15, 0.2) is 0 Å². The molecule has 1 nitrogen and oxygen atoms in total. The van der Waals surface area contributed by atoms with Gasteiger partial charge in [0.25, 0.3) is 0 Å². The molecule has 0 bridgehead atoms. The van der Waals surface area contributed by atoms with Gasteiger partial charge >= 0.3 is 0 Å². The molecule has 0 N–H and O–H groups in total. The van der Waals surface area contributed by atoms with Crippen molar-refractivity contribution in [2.45, 2.75) is 64.4 Å². The van der Waals surface area contributed by atoms with Crippen LogP contribution in [0.5, 0.6) is 0 Å². The lowest BCUT2D eigenvalue weighted by molar-refractivity contribution is 0.0806. The third kappa shape index (κ3) is 4.66. The highest BCUT2D eigenvalue weighted by Crippen LogP contribution is 2.21. The normalized spacial score (nSPS) is 32.8. The Morgan fingerprint density at radius 3 is 2.23 bits per heavy atom. The van der Waals surface area contributed by atoms with Crippen molar-refractivity contribution < 1.29 is 4.74 Å². The second kappa shape index (κ2) is 6.42. The second-order valence-corrected chi connectivity index (χ2v) is 4.53. The number of methoxy groups -OCH3 is 1. The van der Waals surface area contributed by atoms with Gasteiger partial charge in [0.1, 0.15) is 0 Å². The van der Waals surface area contributed by atoms with Crippen LogP contribution in [0.2, 0.25) is 0 Å². The first-order chi connectivity index (χ1) is 6.33. The standard InChI is InChI=1S/C12H24O/c1-11-7-4-3-5-9-12(13-2)10-6-8-11/h11-12H,3-10H2,1-2H3. The lowest BCUT2D eigenvalue weighted by Gasteiger charge is -2.19. The molecule has 1 aliphatic carbocycles. The molecular formula is C12H24O. The van der Waals surface area contributed by atoms with E-state index in [1.807, 2.05) is 7.11 Å². The minimum Gasteiger partial charge on any atom is -0.381 e. The minimum atomic E-state index is 0.547. The van der Waals surface area contributed by atoms with Crippen LogP contribution in [0.15, 0.2) is 0 Å². The number of ether oxygens (including phenoxy) is 1. The minimum absolute atomic E-state index is 0.547. The summed E-state index contributed by atoms with van der Waals surface area (Å²) in [6.45, 7) is 2.39. The zero-order valence-electron chi connectivity index (χ0n) is 9.22. The average Bonchev–Trinajstić information content (AvgIpc) is 2.15. The van der Waals surface area contributed by atoms with Crippen LogP contribution in [0.25, 0.3) is 0 Å². The predicted molar refractivity (Wildman–Crippen MR) is 56.9 cm³/mol. The molecule has 0 spiro atoms. The second-order valence-electron chi connectivity index (χ2n) is 4.53. The Labute approximate surface area is 82.9 Å². The number of hydrogen-bond donors (Lipinski definition) is 0. The van der Waals surface area contributed by atoms with Gasteiger partial charge in [0.05, 0.1) is 6.10 Å². The summed E-state index contributed by atoms with van der Waals surface area (Å²) < 4.78 is 5.46. The van der Waals surface area contributed by atoms with Gasteiger partial charge in [-0.15, -0.1) is 0 Å². The molecule has 1 saturated carbocycles. The van der Waals surface area contributed by atoms with Crippen molar-refractivity contribution in [3.63, 3.8) is 0 Å². The third-order valence-electron chi connectivity index (χ3n) is 3.28. The summed E-state index contributed by atoms with van der Waals surface area (Å²) in [5, 5.41) is 0. The molecular weight excluding hydrogens is 160 g/mol. The Kier molecular flexibility index (Phi) is 5.45. The fraction of sp³-hybridized carbons (Fsp3) is 1.00. The fourth-order valence-electron chi connectivity index (χ4n) is 2.26. The largest absolute Gasteiger partial charge is 0.381 e. The Balaban J connectivity index is 2.25. The molecule has 0 heterocycles. The van der Waals surface area contributed by atoms with E-state index >= 15 is 0 Å². The molecule has 0 radical (unpaired) electrons. The summed E-state index contributed by atoms with van der Waals surface area (Å²) in [7, 11) is 1.86. The first-order valence-corrected chi connectivity index (χ1v) is 5.85. The summed E-state index contributed by atoms with van der Waals surface area (Å²) in [6, 6.07) is 0. The van der Waals surface area contributed by atoms with Crippen molar-refractivity contribution in [3.8, 4) is 0 Å². The molecule has 1 fully saturated rings. The van der Waals surface area contributed by atoms with Crippen LogP contribution in [0.1, 0.15) is 58.3 Å². The summed E-state index contributed by atoms with van der Waals surface area (Å²) in [5.41, 5.74) is 0. The van der Waals surface area contributed by atoms with E-state index in [4.69, 9.17) is 4.74 Å². The zero-order chi connectivity index (χ0) is 9.52. The van der Waals surface area contributed by atoms with E-state index in [9.17, 15) is 0 Å². The van der Waals surface area contributed by atoms with Crippen molar-refractivity contribution in [2.24, 2.45) is 5.92 Å². The van der Waals surface area contributed by atoms with Gasteiger partial charge in [-0.25, -0.2) is 0 Å². The van der Waals surface area contributed by atoms with E-state index in [1.54, 1.807) is 0 Å². The molecule has 13 heavy (non-hydrogen) atoms. The molecule has 1 heteroatoms. The Morgan fingerprint density at radius 2 is 1.46 bits per heavy atom. The molecule has 0 aliphatic heterocycles. The highest BCUT2D eigenvalue weighted by Gasteiger charge is 2.10. The predicted octanol–water partition coefficient (Wildman–Crippen LogP) is 3.77. The van der Waals surface area contributed by atoms with Gasteiger partial charge in [-0.1, -0.05) is 45.4 Å². The molecule has 0 aromatic carbocycles. The summed E-state index contributed by atoms with van der Waals surface area (Å²) in [4.78, 5) is 0. The van der Waals surface area contributed by atoms with Gasteiger partial charge in [-0.2, -0.15) is 0 Å². The molecule has 1 aliphatic rings. The quantitative estimate of drug-likeness (QED) is 0.602. The average molecular weight is 184 g/mol. The van der Waals surface area contributed by atoms with Crippen LogP contribution in [0, 0.1) is 5.92 Å². The maximum Gasteiger partial charge on any atom is 0.0571 e. The van der Waals surface area contributed by atoms with Crippen LogP contribution in [0.4, 0.5) is 0 Å². The van der Waals surface area contributed by atoms with Crippen LogP contribution >= 0.6 is 0 Å².